The molecule has 4 aromatic heterocycles. The number of benzene rings is 8. The second-order valence-electron chi connectivity index (χ2n) is 17.4. The van der Waals surface area contributed by atoms with Crippen molar-refractivity contribution in [3.63, 3.8) is 0 Å². The molecule has 0 spiro atoms. The Labute approximate surface area is 393 Å². The molecule has 6 heterocycles. The van der Waals surface area contributed by atoms with Gasteiger partial charge < -0.3 is 18.9 Å². The van der Waals surface area contributed by atoms with E-state index in [-0.39, 0.29) is 0 Å². The zero-order chi connectivity index (χ0) is 44.7. The molecule has 14 rings (SSSR count). The lowest BCUT2D eigenvalue weighted by Gasteiger charge is -2.27. The Balaban J connectivity index is 0.871. The third-order valence-electron chi connectivity index (χ3n) is 13.7. The zero-order valence-electron chi connectivity index (χ0n) is 36.8. The summed E-state index contributed by atoms with van der Waals surface area (Å²) in [7, 11) is 0. The number of para-hydroxylation sites is 8. The average molecular weight is 869 g/mol. The van der Waals surface area contributed by atoms with Gasteiger partial charge >= 0.3 is 0 Å². The average Bonchev–Trinajstić information content (AvgIpc) is 3.86. The number of aromatic nitrogens is 4. The van der Waals surface area contributed by atoms with Gasteiger partial charge in [0.2, 0.25) is 0 Å². The fraction of sp³-hybridized carbons (Fsp3) is 0. The Morgan fingerprint density at radius 2 is 0.603 bits per heavy atom. The van der Waals surface area contributed by atoms with Gasteiger partial charge in [0.15, 0.2) is 0 Å². The lowest BCUT2D eigenvalue weighted by Crippen LogP contribution is -2.12. The molecule has 0 atom stereocenters. The fourth-order valence-corrected chi connectivity index (χ4v) is 10.9. The summed E-state index contributed by atoms with van der Waals surface area (Å²) in [6.07, 6.45) is 3.98. The summed E-state index contributed by atoms with van der Waals surface area (Å²) in [5.74, 6) is 0. The minimum Gasteiger partial charge on any atom is -0.309 e. The predicted octanol–water partition coefficient (Wildman–Crippen LogP) is 16.3. The van der Waals surface area contributed by atoms with Crippen molar-refractivity contribution in [3.05, 3.63) is 243 Å². The number of fused-ring (bicyclic) bond motifs is 14. The van der Waals surface area contributed by atoms with E-state index in [1.165, 1.54) is 55.4 Å². The fourth-order valence-electron chi connectivity index (χ4n) is 10.9. The molecule has 0 saturated heterocycles. The van der Waals surface area contributed by atoms with E-state index in [0.29, 0.717) is 0 Å². The Bertz CT molecular complexity index is 3650. The number of rotatable bonds is 5. The molecule has 0 N–H and O–H groups in total. The molecule has 318 valence electrons. The zero-order valence-corrected chi connectivity index (χ0v) is 36.8. The Hall–Kier alpha value is -9.26. The van der Waals surface area contributed by atoms with E-state index < -0.39 is 0 Å². The first-order valence-corrected chi connectivity index (χ1v) is 23.1. The van der Waals surface area contributed by atoms with E-state index >= 15 is 0 Å². The van der Waals surface area contributed by atoms with Crippen LogP contribution < -0.4 is 9.80 Å². The predicted molar refractivity (Wildman–Crippen MR) is 279 cm³/mol. The number of hydrogen-bond donors (Lipinski definition) is 0. The van der Waals surface area contributed by atoms with Gasteiger partial charge in [-0.05, 0) is 84.9 Å². The first kappa shape index (κ1) is 38.1. The molecule has 0 aliphatic carbocycles. The third kappa shape index (κ3) is 5.64. The molecule has 0 saturated carbocycles. The third-order valence-corrected chi connectivity index (χ3v) is 13.7. The molecule has 6 nitrogen and oxygen atoms in total. The molecule has 0 amide bonds. The van der Waals surface area contributed by atoms with Crippen molar-refractivity contribution in [1.29, 1.82) is 0 Å². The van der Waals surface area contributed by atoms with Gasteiger partial charge in [-0.25, -0.2) is 0 Å². The minimum atomic E-state index is 0.800. The van der Waals surface area contributed by atoms with Crippen LogP contribution in [0.25, 0.3) is 89.3 Å². The highest BCUT2D eigenvalue weighted by Crippen LogP contribution is 2.56. The first-order chi connectivity index (χ1) is 33.8. The molecule has 2 aliphatic heterocycles. The second kappa shape index (κ2) is 15.2. The van der Waals surface area contributed by atoms with Crippen molar-refractivity contribution < 1.29 is 0 Å². The standard InChI is InChI=1S/C62H40N6/c1-3-19-41(20-4-1)67-55-31-15-9-25-47(55)59-45-23-7-13-29-53(45)65(57-33-17-11-27-49(57)61(59)67)43-35-37-51(63-39-43)52-38-36-44(40-64-52)66-54-30-14-8-24-46(54)60-48-26-10-16-32-56(48)68(42-21-5-2-6-22-42)62(60)50-28-12-18-34-58(50)66/h1-40H. The maximum absolute atomic E-state index is 5.14. The van der Waals surface area contributed by atoms with Crippen molar-refractivity contribution in [2.24, 2.45) is 0 Å². The van der Waals surface area contributed by atoms with E-state index in [9.17, 15) is 0 Å². The van der Waals surface area contributed by atoms with E-state index in [1.54, 1.807) is 0 Å². The maximum atomic E-state index is 5.14. The van der Waals surface area contributed by atoms with E-state index in [0.717, 1.165) is 68.0 Å². The Kier molecular flexibility index (Phi) is 8.48. The van der Waals surface area contributed by atoms with Crippen LogP contribution in [0.4, 0.5) is 34.1 Å². The van der Waals surface area contributed by atoms with Gasteiger partial charge in [0.25, 0.3) is 0 Å². The summed E-state index contributed by atoms with van der Waals surface area (Å²) in [5.41, 5.74) is 21.9. The highest BCUT2D eigenvalue weighted by Gasteiger charge is 2.33. The number of pyridine rings is 2. The Morgan fingerprint density at radius 3 is 1.00 bits per heavy atom. The van der Waals surface area contributed by atoms with Crippen LogP contribution in [0.5, 0.6) is 0 Å². The Morgan fingerprint density at radius 1 is 0.265 bits per heavy atom. The van der Waals surface area contributed by atoms with E-state index in [1.807, 2.05) is 12.4 Å². The number of nitrogens with zero attached hydrogens (tertiary/aromatic N) is 6. The van der Waals surface area contributed by atoms with Crippen molar-refractivity contribution in [2.45, 2.75) is 0 Å². The van der Waals surface area contributed by atoms with Crippen LogP contribution >= 0.6 is 0 Å². The molecule has 0 fully saturated rings. The summed E-state index contributed by atoms with van der Waals surface area (Å²) in [6, 6.07) is 82.5. The molecule has 0 bridgehead atoms. The van der Waals surface area contributed by atoms with Gasteiger partial charge in [0.05, 0.1) is 80.3 Å². The van der Waals surface area contributed by atoms with E-state index in [4.69, 9.17) is 9.97 Å². The highest BCUT2D eigenvalue weighted by atomic mass is 15.2. The van der Waals surface area contributed by atoms with E-state index in [2.05, 4.69) is 249 Å². The van der Waals surface area contributed by atoms with Crippen LogP contribution in [0.15, 0.2) is 243 Å². The highest BCUT2D eigenvalue weighted by molar-refractivity contribution is 6.14. The lowest BCUT2D eigenvalue weighted by molar-refractivity contribution is 1.13. The molecule has 12 aromatic rings. The SMILES string of the molecule is c1ccc(-n2c3c(c4ccccc42)-c2ccccc2N(c2ccc(-c4ccc(N5c6ccccc6-c6c(n(-c7ccccc7)c7ccccc67)-c6ccccc65)cn4)nc2)c2ccccc2-3)cc1. The number of hydrogen-bond acceptors (Lipinski definition) is 4. The molecular weight excluding hydrogens is 829 g/mol. The van der Waals surface area contributed by atoms with Crippen LogP contribution in [-0.2, 0) is 0 Å². The molecule has 6 heteroatoms. The smallest absolute Gasteiger partial charge is 0.0887 e. The largest absolute Gasteiger partial charge is 0.309 e. The van der Waals surface area contributed by atoms with Gasteiger partial charge in [-0.1, -0.05) is 146 Å². The van der Waals surface area contributed by atoms with Gasteiger partial charge in [-0.2, -0.15) is 0 Å². The maximum Gasteiger partial charge on any atom is 0.0887 e. The van der Waals surface area contributed by atoms with Crippen LogP contribution in [-0.4, -0.2) is 19.1 Å². The van der Waals surface area contributed by atoms with Crippen molar-refractivity contribution in [2.75, 3.05) is 9.80 Å². The van der Waals surface area contributed by atoms with Crippen molar-refractivity contribution in [1.82, 2.24) is 19.1 Å². The summed E-state index contributed by atoms with van der Waals surface area (Å²) in [5, 5.41) is 2.43. The molecule has 68 heavy (non-hydrogen) atoms. The van der Waals surface area contributed by atoms with Crippen LogP contribution in [0.2, 0.25) is 0 Å². The van der Waals surface area contributed by atoms with Gasteiger partial charge in [0.1, 0.15) is 0 Å². The summed E-state index contributed by atoms with van der Waals surface area (Å²) >= 11 is 0. The van der Waals surface area contributed by atoms with Crippen molar-refractivity contribution in [3.8, 4) is 67.5 Å². The first-order valence-electron chi connectivity index (χ1n) is 23.1. The summed E-state index contributed by atoms with van der Waals surface area (Å²) in [6.45, 7) is 0. The molecule has 0 unspecified atom stereocenters. The molecule has 0 radical (unpaired) electrons. The van der Waals surface area contributed by atoms with Crippen LogP contribution in [0, 0.1) is 0 Å². The van der Waals surface area contributed by atoms with Crippen LogP contribution in [0.1, 0.15) is 0 Å². The van der Waals surface area contributed by atoms with Crippen molar-refractivity contribution >= 4 is 55.9 Å². The van der Waals surface area contributed by atoms with Gasteiger partial charge in [-0.3, -0.25) is 9.97 Å². The van der Waals surface area contributed by atoms with Gasteiger partial charge in [-0.15, -0.1) is 0 Å². The minimum absolute atomic E-state index is 0.800. The monoisotopic (exact) mass is 868 g/mol. The molecule has 2 aliphatic rings. The lowest BCUT2D eigenvalue weighted by atomic mass is 9.98. The summed E-state index contributed by atoms with van der Waals surface area (Å²) < 4.78 is 4.84. The molecular formula is C62H40N6. The second-order valence-corrected chi connectivity index (χ2v) is 17.4. The van der Waals surface area contributed by atoms with Crippen LogP contribution in [0.3, 0.4) is 0 Å². The molecule has 8 aromatic carbocycles. The topological polar surface area (TPSA) is 42.1 Å². The number of anilines is 6. The summed E-state index contributed by atoms with van der Waals surface area (Å²) in [4.78, 5) is 15.0. The normalized spacial score (nSPS) is 12.4. The quantitative estimate of drug-likeness (QED) is 0.173. The van der Waals surface area contributed by atoms with Gasteiger partial charge in [0, 0.05) is 55.5 Å².